The van der Waals surface area contributed by atoms with Gasteiger partial charge < -0.3 is 16.0 Å². The maximum atomic E-state index is 11.1. The summed E-state index contributed by atoms with van der Waals surface area (Å²) in [5.41, 5.74) is 1.54. The largest absolute Gasteiger partial charge is 0.367 e. The lowest BCUT2D eigenvalue weighted by Gasteiger charge is -2.05. The van der Waals surface area contributed by atoms with Crippen LogP contribution >= 0.6 is 0 Å². The number of allylic oxidation sites excluding steroid dienone is 1. The topological polar surface area (TPSA) is 53.2 Å². The van der Waals surface area contributed by atoms with Gasteiger partial charge in [0, 0.05) is 12.7 Å². The highest BCUT2D eigenvalue weighted by Crippen LogP contribution is 2.05. The van der Waals surface area contributed by atoms with Crippen LogP contribution in [0.3, 0.4) is 0 Å². The molecule has 3 N–H and O–H groups in total. The standard InChI is InChI=1S/C7H13N3O/c1-4-6(7(11)8-3)10-5(2)9-4/h5,9-10H,1-3H3,(H,8,11). The third kappa shape index (κ3) is 1.45. The monoisotopic (exact) mass is 155 g/mol. The molecule has 1 aliphatic rings. The summed E-state index contributed by atoms with van der Waals surface area (Å²) in [5.74, 6) is -0.0700. The van der Waals surface area contributed by atoms with Gasteiger partial charge in [0.1, 0.15) is 5.70 Å². The van der Waals surface area contributed by atoms with E-state index >= 15 is 0 Å². The van der Waals surface area contributed by atoms with Crippen LogP contribution in [0.1, 0.15) is 13.8 Å². The van der Waals surface area contributed by atoms with Crippen molar-refractivity contribution in [3.8, 4) is 0 Å². The molecule has 0 saturated heterocycles. The number of likely N-dealkylation sites (N-methyl/N-ethyl adjacent to an activating group) is 1. The Balaban J connectivity index is 2.72. The molecule has 1 atom stereocenters. The molecule has 0 fully saturated rings. The van der Waals surface area contributed by atoms with Crippen LogP contribution < -0.4 is 16.0 Å². The highest BCUT2D eigenvalue weighted by Gasteiger charge is 2.20. The first-order chi connectivity index (χ1) is 5.15. The molecule has 1 rings (SSSR count). The fraction of sp³-hybridized carbons (Fsp3) is 0.571. The Morgan fingerprint density at radius 1 is 1.55 bits per heavy atom. The van der Waals surface area contributed by atoms with Crippen LogP contribution in [-0.2, 0) is 4.79 Å². The molecular weight excluding hydrogens is 142 g/mol. The van der Waals surface area contributed by atoms with Crippen molar-refractivity contribution in [2.45, 2.75) is 20.0 Å². The summed E-state index contributed by atoms with van der Waals surface area (Å²) in [6, 6.07) is 0. The third-order valence-corrected chi connectivity index (χ3v) is 1.62. The normalized spacial score (nSPS) is 22.6. The van der Waals surface area contributed by atoms with E-state index in [9.17, 15) is 4.79 Å². The zero-order valence-corrected chi connectivity index (χ0v) is 6.99. The van der Waals surface area contributed by atoms with Crippen LogP contribution in [0, 0.1) is 0 Å². The molecule has 62 valence electrons. The first-order valence-electron chi connectivity index (χ1n) is 3.61. The maximum Gasteiger partial charge on any atom is 0.268 e. The molecule has 0 saturated carbocycles. The second-order valence-electron chi connectivity index (χ2n) is 2.59. The number of rotatable bonds is 1. The van der Waals surface area contributed by atoms with Crippen LogP contribution in [-0.4, -0.2) is 19.1 Å². The van der Waals surface area contributed by atoms with Gasteiger partial charge in [-0.1, -0.05) is 0 Å². The van der Waals surface area contributed by atoms with Gasteiger partial charge in [0.05, 0.1) is 6.17 Å². The first-order valence-corrected chi connectivity index (χ1v) is 3.61. The molecule has 1 aliphatic heterocycles. The molecule has 4 heteroatoms. The van der Waals surface area contributed by atoms with Crippen molar-refractivity contribution in [2.24, 2.45) is 0 Å². The van der Waals surface area contributed by atoms with Gasteiger partial charge in [0.2, 0.25) is 0 Å². The Morgan fingerprint density at radius 3 is 2.55 bits per heavy atom. The quantitative estimate of drug-likeness (QED) is 0.478. The molecule has 11 heavy (non-hydrogen) atoms. The Hall–Kier alpha value is -1.19. The second-order valence-corrected chi connectivity index (χ2v) is 2.59. The molecule has 0 aromatic heterocycles. The number of amides is 1. The average Bonchev–Trinajstić information content (AvgIpc) is 2.28. The van der Waals surface area contributed by atoms with Gasteiger partial charge in [-0.2, -0.15) is 0 Å². The first kappa shape index (κ1) is 7.91. The highest BCUT2D eigenvalue weighted by atomic mass is 16.2. The Bertz CT molecular complexity index is 210. The predicted molar refractivity (Wildman–Crippen MR) is 42.5 cm³/mol. The molecule has 1 heterocycles. The summed E-state index contributed by atoms with van der Waals surface area (Å²) in [5, 5.41) is 8.66. The number of hydrogen-bond donors (Lipinski definition) is 3. The molecule has 0 radical (unpaired) electrons. The van der Waals surface area contributed by atoms with Crippen molar-refractivity contribution in [3.05, 3.63) is 11.4 Å². The van der Waals surface area contributed by atoms with Crippen LogP contribution in [0.25, 0.3) is 0 Å². The number of hydrogen-bond acceptors (Lipinski definition) is 3. The molecule has 0 spiro atoms. The minimum Gasteiger partial charge on any atom is -0.367 e. The minimum atomic E-state index is -0.0700. The van der Waals surface area contributed by atoms with E-state index in [2.05, 4.69) is 16.0 Å². The van der Waals surface area contributed by atoms with Gasteiger partial charge in [0.25, 0.3) is 5.91 Å². The van der Waals surface area contributed by atoms with E-state index in [1.54, 1.807) is 7.05 Å². The zero-order chi connectivity index (χ0) is 8.43. The number of carbonyl (C=O) groups excluding carboxylic acids is 1. The molecule has 1 unspecified atom stereocenters. The number of nitrogens with one attached hydrogen (secondary N) is 3. The van der Waals surface area contributed by atoms with Gasteiger partial charge in [-0.15, -0.1) is 0 Å². The fourth-order valence-corrected chi connectivity index (χ4v) is 1.12. The van der Waals surface area contributed by atoms with Crippen LogP contribution in [0.2, 0.25) is 0 Å². The third-order valence-electron chi connectivity index (χ3n) is 1.62. The summed E-state index contributed by atoms with van der Waals surface area (Å²) < 4.78 is 0. The van der Waals surface area contributed by atoms with Gasteiger partial charge in [0.15, 0.2) is 0 Å². The molecule has 1 amide bonds. The molecular formula is C7H13N3O. The van der Waals surface area contributed by atoms with Gasteiger partial charge in [-0.25, -0.2) is 0 Å². The lowest BCUT2D eigenvalue weighted by Crippen LogP contribution is -2.33. The summed E-state index contributed by atoms with van der Waals surface area (Å²) >= 11 is 0. The van der Waals surface area contributed by atoms with E-state index in [0.29, 0.717) is 5.70 Å². The molecule has 0 aromatic rings. The van der Waals surface area contributed by atoms with Crippen LogP contribution in [0.4, 0.5) is 0 Å². The van der Waals surface area contributed by atoms with E-state index in [4.69, 9.17) is 0 Å². The van der Waals surface area contributed by atoms with Gasteiger partial charge in [-0.3, -0.25) is 4.79 Å². The van der Waals surface area contributed by atoms with Gasteiger partial charge >= 0.3 is 0 Å². The van der Waals surface area contributed by atoms with Crippen molar-refractivity contribution >= 4 is 5.91 Å². The van der Waals surface area contributed by atoms with E-state index in [-0.39, 0.29) is 12.1 Å². The number of carbonyl (C=O) groups is 1. The van der Waals surface area contributed by atoms with E-state index in [1.165, 1.54) is 0 Å². The van der Waals surface area contributed by atoms with Crippen molar-refractivity contribution in [1.29, 1.82) is 0 Å². The van der Waals surface area contributed by atoms with Crippen LogP contribution in [0.5, 0.6) is 0 Å². The van der Waals surface area contributed by atoms with Crippen molar-refractivity contribution in [2.75, 3.05) is 7.05 Å². The molecule has 0 aromatic carbocycles. The van der Waals surface area contributed by atoms with Crippen molar-refractivity contribution < 1.29 is 4.79 Å². The second kappa shape index (κ2) is 2.82. The van der Waals surface area contributed by atoms with Crippen molar-refractivity contribution in [1.82, 2.24) is 16.0 Å². The van der Waals surface area contributed by atoms with E-state index < -0.39 is 0 Å². The fourth-order valence-electron chi connectivity index (χ4n) is 1.12. The average molecular weight is 155 g/mol. The molecule has 4 nitrogen and oxygen atoms in total. The molecule has 0 bridgehead atoms. The maximum absolute atomic E-state index is 11.1. The summed E-state index contributed by atoms with van der Waals surface area (Å²) in [7, 11) is 1.62. The summed E-state index contributed by atoms with van der Waals surface area (Å²) in [6.07, 6.45) is 0.155. The zero-order valence-electron chi connectivity index (χ0n) is 6.99. The Labute approximate surface area is 66.0 Å². The lowest BCUT2D eigenvalue weighted by molar-refractivity contribution is -0.117. The summed E-state index contributed by atoms with van der Waals surface area (Å²) in [6.45, 7) is 3.83. The SMILES string of the molecule is CNC(=O)C1=C(C)NC(C)N1. The minimum absolute atomic E-state index is 0.0700. The predicted octanol–water partition coefficient (Wildman–Crippen LogP) is -0.497. The highest BCUT2D eigenvalue weighted by molar-refractivity contribution is 5.93. The summed E-state index contributed by atoms with van der Waals surface area (Å²) in [4.78, 5) is 11.1. The van der Waals surface area contributed by atoms with Crippen molar-refractivity contribution in [3.63, 3.8) is 0 Å². The van der Waals surface area contributed by atoms with E-state index in [1.807, 2.05) is 13.8 Å². The molecule has 0 aliphatic carbocycles. The van der Waals surface area contributed by atoms with E-state index in [0.717, 1.165) is 5.70 Å². The lowest BCUT2D eigenvalue weighted by atomic mass is 10.3. The smallest absolute Gasteiger partial charge is 0.268 e. The van der Waals surface area contributed by atoms with Crippen LogP contribution in [0.15, 0.2) is 11.4 Å². The Morgan fingerprint density at radius 2 is 2.18 bits per heavy atom. The Kier molecular flexibility index (Phi) is 2.03. The van der Waals surface area contributed by atoms with Gasteiger partial charge in [-0.05, 0) is 13.8 Å².